The number of carbonyl (C=O) groups is 1. The van der Waals surface area contributed by atoms with E-state index in [0.29, 0.717) is 6.42 Å². The second kappa shape index (κ2) is 4.52. The lowest BCUT2D eigenvalue weighted by molar-refractivity contribution is -0.138. The van der Waals surface area contributed by atoms with E-state index >= 15 is 0 Å². The van der Waals surface area contributed by atoms with Crippen LogP contribution < -0.4 is 5.73 Å². The first kappa shape index (κ1) is 10.4. The van der Waals surface area contributed by atoms with Crippen LogP contribution >= 0.6 is 22.6 Å². The molecule has 0 aliphatic carbocycles. The molecule has 0 aliphatic heterocycles. The normalized spacial score (nSPS) is 12.5. The van der Waals surface area contributed by atoms with Crippen LogP contribution in [0.25, 0.3) is 0 Å². The Bertz CT molecular complexity index is 300. The second-order valence-corrected chi connectivity index (χ2v) is 3.74. The molecule has 0 spiro atoms. The van der Waals surface area contributed by atoms with Crippen LogP contribution in [-0.4, -0.2) is 22.1 Å². The molecule has 0 aliphatic rings. The quantitative estimate of drug-likeness (QED) is 0.633. The number of aromatic nitrogens is 1. The second-order valence-electron chi connectivity index (χ2n) is 2.64. The van der Waals surface area contributed by atoms with Crippen molar-refractivity contribution in [1.29, 1.82) is 0 Å². The Morgan fingerprint density at radius 1 is 1.69 bits per heavy atom. The van der Waals surface area contributed by atoms with Gasteiger partial charge in [0.05, 0.1) is 0 Å². The van der Waals surface area contributed by atoms with Crippen molar-refractivity contribution in [2.75, 3.05) is 0 Å². The van der Waals surface area contributed by atoms with E-state index in [1.807, 2.05) is 12.1 Å². The summed E-state index contributed by atoms with van der Waals surface area (Å²) in [5, 5.41) is 8.55. The van der Waals surface area contributed by atoms with E-state index in [-0.39, 0.29) is 0 Å². The van der Waals surface area contributed by atoms with Gasteiger partial charge in [0, 0.05) is 6.20 Å². The van der Waals surface area contributed by atoms with E-state index < -0.39 is 12.0 Å². The molecule has 0 amide bonds. The molecular formula is C8H9IN2O2. The summed E-state index contributed by atoms with van der Waals surface area (Å²) in [6.45, 7) is 0. The molecule has 1 rings (SSSR count). The van der Waals surface area contributed by atoms with Crippen molar-refractivity contribution in [3.8, 4) is 0 Å². The summed E-state index contributed by atoms with van der Waals surface area (Å²) in [6, 6.07) is 2.81. The van der Waals surface area contributed by atoms with E-state index in [9.17, 15) is 4.79 Å². The van der Waals surface area contributed by atoms with Gasteiger partial charge in [0.2, 0.25) is 0 Å². The van der Waals surface area contributed by atoms with Gasteiger partial charge < -0.3 is 10.8 Å². The van der Waals surface area contributed by atoms with Crippen LogP contribution in [0.4, 0.5) is 0 Å². The lowest BCUT2D eigenvalue weighted by Crippen LogP contribution is -2.32. The van der Waals surface area contributed by atoms with Crippen LogP contribution in [0.1, 0.15) is 5.56 Å². The van der Waals surface area contributed by atoms with Crippen molar-refractivity contribution >= 4 is 28.6 Å². The molecule has 0 saturated carbocycles. The van der Waals surface area contributed by atoms with E-state index in [2.05, 4.69) is 27.6 Å². The number of halogens is 1. The predicted molar refractivity (Wildman–Crippen MR) is 56.3 cm³/mol. The van der Waals surface area contributed by atoms with Crippen molar-refractivity contribution in [2.24, 2.45) is 5.73 Å². The van der Waals surface area contributed by atoms with Gasteiger partial charge in [0.1, 0.15) is 9.74 Å². The van der Waals surface area contributed by atoms with Gasteiger partial charge in [-0.3, -0.25) is 9.78 Å². The Hall–Kier alpha value is -0.690. The average molecular weight is 292 g/mol. The minimum atomic E-state index is -0.987. The van der Waals surface area contributed by atoms with E-state index in [1.54, 1.807) is 6.20 Å². The number of hydrogen-bond donors (Lipinski definition) is 2. The third-order valence-electron chi connectivity index (χ3n) is 1.56. The molecule has 1 aromatic rings. The zero-order valence-corrected chi connectivity index (χ0v) is 8.93. The molecule has 3 N–H and O–H groups in total. The summed E-state index contributed by atoms with van der Waals surface area (Å²) in [5.41, 5.74) is 6.20. The lowest BCUT2D eigenvalue weighted by atomic mass is 10.1. The number of aliphatic carboxylic acids is 1. The molecule has 1 atom stereocenters. The standard InChI is InChI=1S/C8H9IN2O2/c9-7-2-1-5(4-11-7)3-6(10)8(12)13/h1-2,4,6H,3,10H2,(H,12,13)/t6-/m1/s1. The third kappa shape index (κ3) is 3.27. The fourth-order valence-electron chi connectivity index (χ4n) is 0.868. The molecule has 0 fully saturated rings. The number of hydrogen-bond acceptors (Lipinski definition) is 3. The molecule has 0 saturated heterocycles. The van der Waals surface area contributed by atoms with Crippen LogP contribution in [0.5, 0.6) is 0 Å². The molecule has 4 nitrogen and oxygen atoms in total. The van der Waals surface area contributed by atoms with E-state index in [4.69, 9.17) is 10.8 Å². The van der Waals surface area contributed by atoms with E-state index in [0.717, 1.165) is 9.26 Å². The van der Waals surface area contributed by atoms with Crippen molar-refractivity contribution in [3.05, 3.63) is 27.6 Å². The van der Waals surface area contributed by atoms with Crippen molar-refractivity contribution < 1.29 is 9.90 Å². The largest absolute Gasteiger partial charge is 0.480 e. The predicted octanol–water partition coefficient (Wildman–Crippen LogP) is 0.641. The highest BCUT2D eigenvalue weighted by atomic mass is 127. The number of pyridine rings is 1. The first-order valence-electron chi connectivity index (χ1n) is 3.68. The summed E-state index contributed by atoms with van der Waals surface area (Å²) in [7, 11) is 0. The number of nitrogens with zero attached hydrogens (tertiary/aromatic N) is 1. The maximum Gasteiger partial charge on any atom is 0.320 e. The summed E-state index contributed by atoms with van der Waals surface area (Å²) in [6.07, 6.45) is 1.96. The zero-order valence-electron chi connectivity index (χ0n) is 6.77. The van der Waals surface area contributed by atoms with Gasteiger partial charge >= 0.3 is 5.97 Å². The highest BCUT2D eigenvalue weighted by molar-refractivity contribution is 14.1. The van der Waals surface area contributed by atoms with Gasteiger partial charge in [-0.25, -0.2) is 0 Å². The first-order valence-corrected chi connectivity index (χ1v) is 4.76. The fourth-order valence-corrected chi connectivity index (χ4v) is 1.19. The van der Waals surface area contributed by atoms with Crippen molar-refractivity contribution in [1.82, 2.24) is 4.98 Å². The Kier molecular flexibility index (Phi) is 3.61. The summed E-state index contributed by atoms with van der Waals surface area (Å²) >= 11 is 2.08. The fraction of sp³-hybridized carbons (Fsp3) is 0.250. The summed E-state index contributed by atoms with van der Waals surface area (Å²) < 4.78 is 0.880. The Morgan fingerprint density at radius 2 is 2.38 bits per heavy atom. The molecule has 0 unspecified atom stereocenters. The minimum absolute atomic E-state index is 0.319. The smallest absolute Gasteiger partial charge is 0.320 e. The molecule has 70 valence electrons. The maximum absolute atomic E-state index is 10.4. The molecule has 0 aromatic carbocycles. The van der Waals surface area contributed by atoms with Crippen molar-refractivity contribution in [2.45, 2.75) is 12.5 Å². The van der Waals surface area contributed by atoms with Gasteiger partial charge in [-0.05, 0) is 40.6 Å². The molecule has 1 aromatic heterocycles. The van der Waals surface area contributed by atoms with Gasteiger partial charge in [-0.2, -0.15) is 0 Å². The van der Waals surface area contributed by atoms with Gasteiger partial charge in [-0.15, -0.1) is 0 Å². The van der Waals surface area contributed by atoms with Crippen LogP contribution in [-0.2, 0) is 11.2 Å². The highest BCUT2D eigenvalue weighted by Crippen LogP contribution is 2.04. The summed E-state index contributed by atoms with van der Waals surface area (Å²) in [4.78, 5) is 14.5. The number of rotatable bonds is 3. The highest BCUT2D eigenvalue weighted by Gasteiger charge is 2.11. The topological polar surface area (TPSA) is 76.2 Å². The van der Waals surface area contributed by atoms with E-state index in [1.165, 1.54) is 0 Å². The Balaban J connectivity index is 2.64. The van der Waals surface area contributed by atoms with Crippen molar-refractivity contribution in [3.63, 3.8) is 0 Å². The SMILES string of the molecule is N[C@H](Cc1ccc(I)nc1)C(=O)O. The number of carboxylic acids is 1. The average Bonchev–Trinajstić information content (AvgIpc) is 2.08. The molecule has 0 radical (unpaired) electrons. The summed E-state index contributed by atoms with van der Waals surface area (Å²) in [5.74, 6) is -0.987. The third-order valence-corrected chi connectivity index (χ3v) is 2.20. The zero-order chi connectivity index (χ0) is 9.84. The van der Waals surface area contributed by atoms with Gasteiger partial charge in [0.25, 0.3) is 0 Å². The van der Waals surface area contributed by atoms with Crippen LogP contribution in [0.2, 0.25) is 0 Å². The van der Waals surface area contributed by atoms with Crippen LogP contribution in [0.3, 0.4) is 0 Å². The first-order chi connectivity index (χ1) is 6.09. The number of nitrogens with two attached hydrogens (primary N) is 1. The minimum Gasteiger partial charge on any atom is -0.480 e. The van der Waals surface area contributed by atoms with Crippen LogP contribution in [0, 0.1) is 3.70 Å². The molecule has 13 heavy (non-hydrogen) atoms. The molecule has 0 bridgehead atoms. The molecular weight excluding hydrogens is 283 g/mol. The van der Waals surface area contributed by atoms with Gasteiger partial charge in [-0.1, -0.05) is 6.07 Å². The molecule has 5 heteroatoms. The number of carboxylic acid groups (broad SMARTS) is 1. The monoisotopic (exact) mass is 292 g/mol. The van der Waals surface area contributed by atoms with Crippen LogP contribution in [0.15, 0.2) is 18.3 Å². The maximum atomic E-state index is 10.4. The lowest BCUT2D eigenvalue weighted by Gasteiger charge is -2.05. The van der Waals surface area contributed by atoms with Gasteiger partial charge in [0.15, 0.2) is 0 Å². The Labute approximate surface area is 89.3 Å². The Morgan fingerprint density at radius 3 is 2.85 bits per heavy atom. The molecule has 1 heterocycles.